The summed E-state index contributed by atoms with van der Waals surface area (Å²) in [5.41, 5.74) is 8.72. The number of nitrogens with two attached hydrogens (primary N) is 1. The van der Waals surface area contributed by atoms with Gasteiger partial charge in [-0.2, -0.15) is 0 Å². The van der Waals surface area contributed by atoms with Crippen LogP contribution in [-0.4, -0.2) is 11.9 Å². The molecule has 100 valence electrons. The van der Waals surface area contributed by atoms with Crippen LogP contribution in [0.2, 0.25) is 10.0 Å². The fourth-order valence-corrected chi connectivity index (χ4v) is 2.40. The molecule has 4 heteroatoms. The smallest absolute Gasteiger partial charge is 0.0452 e. The molecule has 0 saturated carbocycles. The standard InChI is InChI=1S/C15H16Cl2N2/c1-19(9-11-3-2-4-13(16)7-11)10-12-8-14(18)5-6-15(12)17/h2-8H,9-10,18H2,1H3. The molecule has 0 heterocycles. The molecule has 0 aliphatic heterocycles. The molecule has 0 aliphatic carbocycles. The highest BCUT2D eigenvalue weighted by Crippen LogP contribution is 2.21. The normalized spacial score (nSPS) is 10.9. The zero-order valence-electron chi connectivity index (χ0n) is 10.7. The van der Waals surface area contributed by atoms with Gasteiger partial charge in [0.1, 0.15) is 0 Å². The zero-order valence-corrected chi connectivity index (χ0v) is 12.2. The topological polar surface area (TPSA) is 29.3 Å². The lowest BCUT2D eigenvalue weighted by molar-refractivity contribution is 0.319. The van der Waals surface area contributed by atoms with Crippen LogP contribution in [0.4, 0.5) is 5.69 Å². The van der Waals surface area contributed by atoms with Crippen LogP contribution in [0, 0.1) is 0 Å². The molecule has 0 aromatic heterocycles. The maximum absolute atomic E-state index is 6.17. The Hall–Kier alpha value is -1.22. The molecule has 2 N–H and O–H groups in total. The number of hydrogen-bond donors (Lipinski definition) is 1. The van der Waals surface area contributed by atoms with E-state index in [1.54, 1.807) is 0 Å². The summed E-state index contributed by atoms with van der Waals surface area (Å²) in [5.74, 6) is 0. The van der Waals surface area contributed by atoms with Gasteiger partial charge >= 0.3 is 0 Å². The molecule has 2 aromatic rings. The van der Waals surface area contributed by atoms with Crippen molar-refractivity contribution >= 4 is 28.9 Å². The minimum atomic E-state index is 0.732. The molecule has 0 fully saturated rings. The van der Waals surface area contributed by atoms with Gasteiger partial charge in [0.2, 0.25) is 0 Å². The molecular weight excluding hydrogens is 279 g/mol. The van der Waals surface area contributed by atoms with E-state index in [4.69, 9.17) is 28.9 Å². The Morgan fingerprint density at radius 1 is 1.05 bits per heavy atom. The Morgan fingerprint density at radius 2 is 1.84 bits per heavy atom. The fourth-order valence-electron chi connectivity index (χ4n) is 2.01. The number of nitrogen functional groups attached to an aromatic ring is 1. The number of hydrogen-bond acceptors (Lipinski definition) is 2. The average Bonchev–Trinajstić information content (AvgIpc) is 2.34. The van der Waals surface area contributed by atoms with E-state index in [0.29, 0.717) is 0 Å². The van der Waals surface area contributed by atoms with E-state index >= 15 is 0 Å². The quantitative estimate of drug-likeness (QED) is 0.856. The second-order valence-corrected chi connectivity index (χ2v) is 5.50. The second-order valence-electron chi connectivity index (χ2n) is 4.65. The average molecular weight is 295 g/mol. The lowest BCUT2D eigenvalue weighted by atomic mass is 10.1. The summed E-state index contributed by atoms with van der Waals surface area (Å²) in [5, 5.41) is 1.50. The van der Waals surface area contributed by atoms with Crippen LogP contribution in [-0.2, 0) is 13.1 Å². The molecule has 2 aromatic carbocycles. The molecule has 2 rings (SSSR count). The molecule has 0 spiro atoms. The van der Waals surface area contributed by atoms with Gasteiger partial charge < -0.3 is 5.73 Å². The maximum Gasteiger partial charge on any atom is 0.0452 e. The maximum atomic E-state index is 6.17. The second kappa shape index (κ2) is 6.29. The number of rotatable bonds is 4. The van der Waals surface area contributed by atoms with E-state index in [1.165, 1.54) is 5.56 Å². The van der Waals surface area contributed by atoms with Crippen LogP contribution in [0.3, 0.4) is 0 Å². The molecule has 0 atom stereocenters. The van der Waals surface area contributed by atoms with Gasteiger partial charge in [0.15, 0.2) is 0 Å². The Kier molecular flexibility index (Phi) is 4.70. The first-order valence-electron chi connectivity index (χ1n) is 6.01. The molecule has 0 unspecified atom stereocenters. The van der Waals surface area contributed by atoms with Crippen LogP contribution >= 0.6 is 23.2 Å². The lowest BCUT2D eigenvalue weighted by Gasteiger charge is -2.18. The number of halogens is 2. The predicted octanol–water partition coefficient (Wildman–Crippen LogP) is 4.21. The third kappa shape index (κ3) is 4.13. The first-order valence-corrected chi connectivity index (χ1v) is 6.77. The largest absolute Gasteiger partial charge is 0.399 e. The third-order valence-electron chi connectivity index (χ3n) is 2.85. The summed E-state index contributed by atoms with van der Waals surface area (Å²) in [6.45, 7) is 1.56. The van der Waals surface area contributed by atoms with Gasteiger partial charge in [-0.1, -0.05) is 35.3 Å². The van der Waals surface area contributed by atoms with Crippen LogP contribution in [0.1, 0.15) is 11.1 Å². The summed E-state index contributed by atoms with van der Waals surface area (Å²) in [4.78, 5) is 2.17. The highest BCUT2D eigenvalue weighted by atomic mass is 35.5. The Labute approximate surface area is 123 Å². The van der Waals surface area contributed by atoms with Gasteiger partial charge in [0.05, 0.1) is 0 Å². The van der Waals surface area contributed by atoms with Crippen molar-refractivity contribution < 1.29 is 0 Å². The van der Waals surface area contributed by atoms with E-state index in [9.17, 15) is 0 Å². The van der Waals surface area contributed by atoms with Crippen molar-refractivity contribution in [2.24, 2.45) is 0 Å². The van der Waals surface area contributed by atoms with E-state index in [2.05, 4.69) is 11.0 Å². The van der Waals surface area contributed by atoms with Crippen LogP contribution in [0.25, 0.3) is 0 Å². The molecule has 0 bridgehead atoms. The summed E-state index contributed by atoms with van der Waals surface area (Å²) in [6, 6.07) is 13.4. The van der Waals surface area contributed by atoms with Crippen LogP contribution < -0.4 is 5.73 Å². The summed E-state index contributed by atoms with van der Waals surface area (Å²) < 4.78 is 0. The van der Waals surface area contributed by atoms with Crippen LogP contribution in [0.15, 0.2) is 42.5 Å². The van der Waals surface area contributed by atoms with E-state index in [-0.39, 0.29) is 0 Å². The van der Waals surface area contributed by atoms with Crippen molar-refractivity contribution in [3.8, 4) is 0 Å². The minimum Gasteiger partial charge on any atom is -0.399 e. The van der Waals surface area contributed by atoms with Crippen LogP contribution in [0.5, 0.6) is 0 Å². The number of nitrogens with zero attached hydrogens (tertiary/aromatic N) is 1. The van der Waals surface area contributed by atoms with Gasteiger partial charge in [0.25, 0.3) is 0 Å². The van der Waals surface area contributed by atoms with Gasteiger partial charge in [-0.3, -0.25) is 4.90 Å². The monoisotopic (exact) mass is 294 g/mol. The van der Waals surface area contributed by atoms with Gasteiger partial charge in [0, 0.05) is 28.8 Å². The number of anilines is 1. The third-order valence-corrected chi connectivity index (χ3v) is 3.46. The summed E-state index contributed by atoms with van der Waals surface area (Å²) in [6.07, 6.45) is 0. The molecular formula is C15H16Cl2N2. The van der Waals surface area contributed by atoms with E-state index in [0.717, 1.165) is 34.4 Å². The van der Waals surface area contributed by atoms with Crippen molar-refractivity contribution in [1.29, 1.82) is 0 Å². The van der Waals surface area contributed by atoms with Crippen molar-refractivity contribution in [3.63, 3.8) is 0 Å². The lowest BCUT2D eigenvalue weighted by Crippen LogP contribution is -2.17. The van der Waals surface area contributed by atoms with Gasteiger partial charge in [-0.25, -0.2) is 0 Å². The van der Waals surface area contributed by atoms with Crippen molar-refractivity contribution in [2.45, 2.75) is 13.1 Å². The van der Waals surface area contributed by atoms with E-state index < -0.39 is 0 Å². The highest BCUT2D eigenvalue weighted by molar-refractivity contribution is 6.31. The molecule has 0 amide bonds. The first-order chi connectivity index (χ1) is 9.04. The summed E-state index contributed by atoms with van der Waals surface area (Å²) in [7, 11) is 2.04. The predicted molar refractivity (Wildman–Crippen MR) is 82.5 cm³/mol. The Balaban J connectivity index is 2.05. The molecule has 2 nitrogen and oxygen atoms in total. The SMILES string of the molecule is CN(Cc1cccc(Cl)c1)Cc1cc(N)ccc1Cl. The van der Waals surface area contributed by atoms with Gasteiger partial charge in [-0.05, 0) is 48.5 Å². The highest BCUT2D eigenvalue weighted by Gasteiger charge is 2.06. The fraction of sp³-hybridized carbons (Fsp3) is 0.200. The molecule has 0 saturated heterocycles. The summed E-state index contributed by atoms with van der Waals surface area (Å²) >= 11 is 12.1. The molecule has 19 heavy (non-hydrogen) atoms. The van der Waals surface area contributed by atoms with Crippen molar-refractivity contribution in [3.05, 3.63) is 63.6 Å². The Bertz CT molecular complexity index is 570. The van der Waals surface area contributed by atoms with E-state index in [1.807, 2.05) is 43.4 Å². The first kappa shape index (κ1) is 14.2. The van der Waals surface area contributed by atoms with Gasteiger partial charge in [-0.15, -0.1) is 0 Å². The minimum absolute atomic E-state index is 0.732. The molecule has 0 radical (unpaired) electrons. The zero-order chi connectivity index (χ0) is 13.8. The number of benzene rings is 2. The molecule has 0 aliphatic rings. The van der Waals surface area contributed by atoms with Crippen molar-refractivity contribution in [2.75, 3.05) is 12.8 Å². The Morgan fingerprint density at radius 3 is 2.58 bits per heavy atom. The van der Waals surface area contributed by atoms with Crippen molar-refractivity contribution in [1.82, 2.24) is 4.90 Å².